The van der Waals surface area contributed by atoms with Crippen LogP contribution in [-0.2, 0) is 6.61 Å². The summed E-state index contributed by atoms with van der Waals surface area (Å²) in [5, 5.41) is 3.15. The predicted octanol–water partition coefficient (Wildman–Crippen LogP) is 5.29. The van der Waals surface area contributed by atoms with E-state index in [1.54, 1.807) is 24.3 Å². The van der Waals surface area contributed by atoms with Crippen LogP contribution in [-0.4, -0.2) is 11.8 Å². The van der Waals surface area contributed by atoms with E-state index in [0.29, 0.717) is 17.0 Å². The lowest BCUT2D eigenvalue weighted by Crippen LogP contribution is -2.13. The SMILES string of the molecule is NC(=O)c1cc2occ(C(=O)Nc3ccc(OCc4ccc(F)cc4Cl)cc3)c2cc1F. The normalized spacial score (nSPS) is 10.8. The van der Waals surface area contributed by atoms with Gasteiger partial charge in [0.25, 0.3) is 11.8 Å². The molecule has 32 heavy (non-hydrogen) atoms. The number of furan rings is 1. The number of nitrogens with one attached hydrogen (secondary N) is 1. The molecule has 3 N–H and O–H groups in total. The minimum absolute atomic E-state index is 0.0983. The zero-order valence-corrected chi connectivity index (χ0v) is 17.1. The van der Waals surface area contributed by atoms with Gasteiger partial charge >= 0.3 is 0 Å². The first-order valence-corrected chi connectivity index (χ1v) is 9.68. The third-order valence-electron chi connectivity index (χ3n) is 4.69. The molecule has 0 spiro atoms. The summed E-state index contributed by atoms with van der Waals surface area (Å²) >= 11 is 5.98. The molecular formula is C23H15ClF2N2O4. The van der Waals surface area contributed by atoms with Gasteiger partial charge in [-0.2, -0.15) is 0 Å². The number of ether oxygens (including phenoxy) is 1. The molecule has 0 fully saturated rings. The molecule has 0 saturated heterocycles. The Hall–Kier alpha value is -3.91. The van der Waals surface area contributed by atoms with Crippen molar-refractivity contribution < 1.29 is 27.5 Å². The number of carbonyl (C=O) groups excluding carboxylic acids is 2. The predicted molar refractivity (Wildman–Crippen MR) is 115 cm³/mol. The van der Waals surface area contributed by atoms with Crippen LogP contribution in [0.25, 0.3) is 11.0 Å². The Bertz CT molecular complexity index is 1340. The first-order valence-electron chi connectivity index (χ1n) is 9.30. The maximum Gasteiger partial charge on any atom is 0.259 e. The lowest BCUT2D eigenvalue weighted by atomic mass is 10.1. The van der Waals surface area contributed by atoms with Crippen molar-refractivity contribution in [3.8, 4) is 5.75 Å². The number of hydrogen-bond acceptors (Lipinski definition) is 4. The Morgan fingerprint density at radius 1 is 1.03 bits per heavy atom. The molecular weight excluding hydrogens is 442 g/mol. The fraction of sp³-hybridized carbons (Fsp3) is 0.0435. The minimum atomic E-state index is -0.934. The third kappa shape index (κ3) is 4.40. The maximum atomic E-state index is 14.1. The molecule has 9 heteroatoms. The first kappa shape index (κ1) is 21.3. The van der Waals surface area contributed by atoms with E-state index in [0.717, 1.165) is 12.1 Å². The highest BCUT2D eigenvalue weighted by atomic mass is 35.5. The highest BCUT2D eigenvalue weighted by Crippen LogP contribution is 2.26. The average molecular weight is 457 g/mol. The van der Waals surface area contributed by atoms with Gasteiger partial charge in [-0.15, -0.1) is 0 Å². The van der Waals surface area contributed by atoms with Gasteiger partial charge in [-0.1, -0.05) is 17.7 Å². The summed E-state index contributed by atoms with van der Waals surface area (Å²) in [4.78, 5) is 23.9. The summed E-state index contributed by atoms with van der Waals surface area (Å²) in [6.07, 6.45) is 1.17. The molecule has 1 heterocycles. The molecule has 0 aliphatic rings. The number of fused-ring (bicyclic) bond motifs is 1. The van der Waals surface area contributed by atoms with Crippen LogP contribution in [0.3, 0.4) is 0 Å². The van der Waals surface area contributed by atoms with Gasteiger partial charge in [0.15, 0.2) is 0 Å². The van der Waals surface area contributed by atoms with Gasteiger partial charge in [0.2, 0.25) is 0 Å². The second-order valence-corrected chi connectivity index (χ2v) is 7.25. The monoisotopic (exact) mass is 456 g/mol. The molecule has 4 rings (SSSR count). The first-order chi connectivity index (χ1) is 15.3. The number of hydrogen-bond donors (Lipinski definition) is 2. The van der Waals surface area contributed by atoms with Crippen molar-refractivity contribution in [1.82, 2.24) is 0 Å². The Morgan fingerprint density at radius 3 is 2.47 bits per heavy atom. The molecule has 162 valence electrons. The maximum absolute atomic E-state index is 14.1. The summed E-state index contributed by atoms with van der Waals surface area (Å²) in [7, 11) is 0. The Labute approximate surface area is 185 Å². The summed E-state index contributed by atoms with van der Waals surface area (Å²) in [6, 6.07) is 12.7. The van der Waals surface area contributed by atoms with Crippen molar-refractivity contribution >= 4 is 40.1 Å². The topological polar surface area (TPSA) is 94.6 Å². The smallest absolute Gasteiger partial charge is 0.259 e. The van der Waals surface area contributed by atoms with Gasteiger partial charge in [-0.05, 0) is 48.5 Å². The standard InChI is InChI=1S/C23H15ClF2N2O4/c24-19-7-13(25)2-1-12(19)10-31-15-5-3-14(4-6-15)28-23(30)18-11-32-21-9-17(22(27)29)20(26)8-16(18)21/h1-9,11H,10H2,(H2,27,29)(H,28,30). The highest BCUT2D eigenvalue weighted by Gasteiger charge is 2.18. The van der Waals surface area contributed by atoms with Gasteiger partial charge in [0, 0.05) is 16.6 Å². The fourth-order valence-corrected chi connectivity index (χ4v) is 3.27. The van der Waals surface area contributed by atoms with Crippen LogP contribution in [0.1, 0.15) is 26.3 Å². The van der Waals surface area contributed by atoms with Crippen LogP contribution in [0.15, 0.2) is 65.3 Å². The number of nitrogens with two attached hydrogens (primary N) is 1. The van der Waals surface area contributed by atoms with Crippen LogP contribution in [0.5, 0.6) is 5.75 Å². The van der Waals surface area contributed by atoms with Crippen LogP contribution in [0, 0.1) is 11.6 Å². The molecule has 0 atom stereocenters. The lowest BCUT2D eigenvalue weighted by molar-refractivity contribution is 0.0994. The molecule has 0 aliphatic heterocycles. The van der Waals surface area contributed by atoms with Gasteiger partial charge in [0.1, 0.15) is 35.8 Å². The number of primary amides is 1. The molecule has 0 saturated carbocycles. The van der Waals surface area contributed by atoms with Crippen LogP contribution < -0.4 is 15.8 Å². The molecule has 3 aromatic carbocycles. The van der Waals surface area contributed by atoms with Crippen molar-refractivity contribution in [3.63, 3.8) is 0 Å². The van der Waals surface area contributed by atoms with Crippen molar-refractivity contribution in [2.45, 2.75) is 6.61 Å². The Kier molecular flexibility index (Phi) is 5.79. The summed E-state index contributed by atoms with van der Waals surface area (Å²) < 4.78 is 38.1. The molecule has 2 amide bonds. The highest BCUT2D eigenvalue weighted by molar-refractivity contribution is 6.31. The second-order valence-electron chi connectivity index (χ2n) is 6.84. The van der Waals surface area contributed by atoms with Crippen LogP contribution >= 0.6 is 11.6 Å². The van der Waals surface area contributed by atoms with E-state index >= 15 is 0 Å². The molecule has 1 aromatic heterocycles. The quantitative estimate of drug-likeness (QED) is 0.412. The number of amides is 2. The molecule has 0 bridgehead atoms. The number of anilines is 1. The number of benzene rings is 3. The summed E-state index contributed by atoms with van der Waals surface area (Å²) in [5.41, 5.74) is 6.15. The van der Waals surface area contributed by atoms with E-state index in [2.05, 4.69) is 5.32 Å². The zero-order valence-electron chi connectivity index (χ0n) is 16.3. The van der Waals surface area contributed by atoms with E-state index in [4.69, 9.17) is 26.5 Å². The lowest BCUT2D eigenvalue weighted by Gasteiger charge is -2.09. The van der Waals surface area contributed by atoms with E-state index in [-0.39, 0.29) is 33.7 Å². The van der Waals surface area contributed by atoms with Crippen LogP contribution in [0.4, 0.5) is 14.5 Å². The number of carbonyl (C=O) groups is 2. The largest absolute Gasteiger partial charge is 0.489 e. The third-order valence-corrected chi connectivity index (χ3v) is 5.05. The van der Waals surface area contributed by atoms with Gasteiger partial charge < -0.3 is 20.2 Å². The number of halogens is 3. The van der Waals surface area contributed by atoms with Gasteiger partial charge in [-0.3, -0.25) is 9.59 Å². The van der Waals surface area contributed by atoms with Crippen molar-refractivity contribution in [1.29, 1.82) is 0 Å². The van der Waals surface area contributed by atoms with E-state index in [1.165, 1.54) is 24.5 Å². The zero-order chi connectivity index (χ0) is 22.8. The van der Waals surface area contributed by atoms with E-state index in [9.17, 15) is 18.4 Å². The molecule has 0 aliphatic carbocycles. The Balaban J connectivity index is 1.45. The van der Waals surface area contributed by atoms with E-state index in [1.807, 2.05) is 0 Å². The van der Waals surface area contributed by atoms with Crippen molar-refractivity contribution in [2.24, 2.45) is 5.73 Å². The van der Waals surface area contributed by atoms with Crippen molar-refractivity contribution in [2.75, 3.05) is 5.32 Å². The summed E-state index contributed by atoms with van der Waals surface area (Å²) in [5.74, 6) is -2.22. The second kappa shape index (κ2) is 8.68. The molecule has 0 unspecified atom stereocenters. The molecule has 0 radical (unpaired) electrons. The molecule has 6 nitrogen and oxygen atoms in total. The minimum Gasteiger partial charge on any atom is -0.489 e. The molecule has 4 aromatic rings. The summed E-state index contributed by atoms with van der Waals surface area (Å²) in [6.45, 7) is 0.144. The number of rotatable bonds is 6. The van der Waals surface area contributed by atoms with Gasteiger partial charge in [0.05, 0.1) is 16.1 Å². The van der Waals surface area contributed by atoms with Crippen molar-refractivity contribution in [3.05, 3.63) is 94.2 Å². The fourth-order valence-electron chi connectivity index (χ4n) is 3.04. The van der Waals surface area contributed by atoms with E-state index < -0.39 is 23.4 Å². The van der Waals surface area contributed by atoms with Gasteiger partial charge in [-0.25, -0.2) is 8.78 Å². The Morgan fingerprint density at radius 2 is 1.78 bits per heavy atom. The van der Waals surface area contributed by atoms with Crippen LogP contribution in [0.2, 0.25) is 5.02 Å². The average Bonchev–Trinajstić information content (AvgIpc) is 3.16.